The molecule has 0 saturated carbocycles. The minimum Gasteiger partial charge on any atom is -0.456 e. The Morgan fingerprint density at radius 2 is 1.36 bits per heavy atom. The molecule has 4 aromatic carbocycles. The van der Waals surface area contributed by atoms with Crippen LogP contribution in [0.3, 0.4) is 0 Å². The van der Waals surface area contributed by atoms with Gasteiger partial charge >= 0.3 is 0 Å². The second-order valence-electron chi connectivity index (χ2n) is 11.5. The van der Waals surface area contributed by atoms with Crippen LogP contribution in [0.25, 0.3) is 0 Å². The summed E-state index contributed by atoms with van der Waals surface area (Å²) in [4.78, 5) is 21.0. The molecule has 230 valence electrons. The zero-order valence-electron chi connectivity index (χ0n) is 26.6. The molecule has 1 spiro atoms. The lowest BCUT2D eigenvalue weighted by Crippen LogP contribution is -2.49. The Morgan fingerprint density at radius 3 is 1.91 bits per heavy atom. The van der Waals surface area contributed by atoms with E-state index in [0.29, 0.717) is 25.2 Å². The van der Waals surface area contributed by atoms with Crippen molar-refractivity contribution in [3.8, 4) is 17.6 Å². The summed E-state index contributed by atoms with van der Waals surface area (Å²) in [5.74, 6) is 1.58. The third-order valence-corrected chi connectivity index (χ3v) is 9.31. The van der Waals surface area contributed by atoms with Gasteiger partial charge in [-0.3, -0.25) is 4.79 Å². The first kappa shape index (κ1) is 30.2. The van der Waals surface area contributed by atoms with Crippen molar-refractivity contribution in [1.82, 2.24) is 10.2 Å². The Balaban J connectivity index is 1.46. The van der Waals surface area contributed by atoms with E-state index in [1.54, 1.807) is 0 Å². The number of nitrogens with zero attached hydrogens (tertiary/aromatic N) is 4. The highest BCUT2D eigenvalue weighted by Gasteiger charge is 2.56. The summed E-state index contributed by atoms with van der Waals surface area (Å²) >= 11 is 0. The number of benzene rings is 4. The van der Waals surface area contributed by atoms with E-state index < -0.39 is 5.54 Å². The molecule has 0 bridgehead atoms. The Bertz CT molecular complexity index is 1670. The predicted octanol–water partition coefficient (Wildman–Crippen LogP) is 6.89. The summed E-state index contributed by atoms with van der Waals surface area (Å²) in [6.45, 7) is 14.0. The molecule has 0 aromatic heterocycles. The normalized spacial score (nSPS) is 13.9. The van der Waals surface area contributed by atoms with Crippen LogP contribution in [-0.4, -0.2) is 50.1 Å². The number of carbonyl (C=O) groups excluding carboxylic acids is 1. The number of hydrogen-bond acceptors (Lipinski definition) is 6. The summed E-state index contributed by atoms with van der Waals surface area (Å²) in [5.41, 5.74) is 6.77. The van der Waals surface area contributed by atoms with Gasteiger partial charge < -0.3 is 24.8 Å². The molecule has 4 aromatic rings. The van der Waals surface area contributed by atoms with E-state index in [4.69, 9.17) is 10.00 Å². The van der Waals surface area contributed by atoms with Gasteiger partial charge in [-0.15, -0.1) is 0 Å². The molecule has 1 amide bonds. The Kier molecular flexibility index (Phi) is 8.51. The van der Waals surface area contributed by atoms with Gasteiger partial charge in [0, 0.05) is 86.0 Å². The van der Waals surface area contributed by atoms with E-state index in [1.807, 2.05) is 47.4 Å². The van der Waals surface area contributed by atoms with Crippen molar-refractivity contribution < 1.29 is 9.53 Å². The lowest BCUT2D eigenvalue weighted by Gasteiger charge is -2.45. The fourth-order valence-corrected chi connectivity index (χ4v) is 7.02. The van der Waals surface area contributed by atoms with Gasteiger partial charge in [-0.05, 0) is 69.2 Å². The first-order valence-electron chi connectivity index (χ1n) is 16.1. The minimum absolute atomic E-state index is 0.0187. The molecule has 0 aliphatic carbocycles. The number of ether oxygens (including phenoxy) is 1. The van der Waals surface area contributed by atoms with Crippen molar-refractivity contribution in [3.05, 3.63) is 118 Å². The standard InChI is InChI=1S/C38H41N5O2/c1-5-41(6-2)29-17-19-33-35(23-29)45-36-24-30(42(7-3)8-4)18-20-34(36)38(33)32-12-10-9-11-31(32)37(44)43(38)22-21-40-26-28-15-13-27(25-39)14-16-28/h9-20,23-24,40H,5-8,21-22,26H2,1-4H3. The molecule has 0 fully saturated rings. The van der Waals surface area contributed by atoms with Crippen molar-refractivity contribution >= 4 is 17.3 Å². The highest BCUT2D eigenvalue weighted by atomic mass is 16.5. The number of rotatable bonds is 11. The summed E-state index contributed by atoms with van der Waals surface area (Å²) in [6.07, 6.45) is 0. The maximum Gasteiger partial charge on any atom is 0.255 e. The molecular formula is C38H41N5O2. The maximum atomic E-state index is 14.4. The lowest BCUT2D eigenvalue weighted by molar-refractivity contribution is 0.0667. The smallest absolute Gasteiger partial charge is 0.255 e. The molecular weight excluding hydrogens is 558 g/mol. The molecule has 2 aliphatic rings. The van der Waals surface area contributed by atoms with Crippen LogP contribution in [0.4, 0.5) is 11.4 Å². The van der Waals surface area contributed by atoms with Gasteiger partial charge in [-0.1, -0.05) is 42.5 Å². The molecule has 2 aliphatic heterocycles. The van der Waals surface area contributed by atoms with Gasteiger partial charge in [-0.25, -0.2) is 0 Å². The number of anilines is 2. The maximum absolute atomic E-state index is 14.4. The van der Waals surface area contributed by atoms with Crippen LogP contribution in [0.1, 0.15) is 65.9 Å². The van der Waals surface area contributed by atoms with Gasteiger partial charge in [0.2, 0.25) is 0 Å². The van der Waals surface area contributed by atoms with E-state index >= 15 is 0 Å². The molecule has 2 heterocycles. The Morgan fingerprint density at radius 1 is 0.778 bits per heavy atom. The molecule has 7 heteroatoms. The number of hydrogen-bond donors (Lipinski definition) is 1. The average Bonchev–Trinajstić information content (AvgIpc) is 3.32. The fourth-order valence-electron chi connectivity index (χ4n) is 7.02. The van der Waals surface area contributed by atoms with E-state index in [0.717, 1.165) is 76.9 Å². The van der Waals surface area contributed by atoms with Crippen LogP contribution in [0.15, 0.2) is 84.9 Å². The third-order valence-electron chi connectivity index (χ3n) is 9.31. The van der Waals surface area contributed by atoms with Crippen LogP contribution >= 0.6 is 0 Å². The molecule has 0 unspecified atom stereocenters. The molecule has 0 atom stereocenters. The SMILES string of the molecule is CCN(CC)c1ccc2c(c1)Oc1cc(N(CC)CC)ccc1C21c2ccccc2C(=O)N1CCNCc1ccc(C#N)cc1. The third kappa shape index (κ3) is 5.09. The molecule has 6 rings (SSSR count). The summed E-state index contributed by atoms with van der Waals surface area (Å²) in [7, 11) is 0. The van der Waals surface area contributed by atoms with Crippen molar-refractivity contribution in [2.45, 2.75) is 39.8 Å². The molecule has 0 radical (unpaired) electrons. The van der Waals surface area contributed by atoms with Crippen molar-refractivity contribution in [2.75, 3.05) is 49.1 Å². The second-order valence-corrected chi connectivity index (χ2v) is 11.5. The van der Waals surface area contributed by atoms with Crippen LogP contribution in [0.2, 0.25) is 0 Å². The largest absolute Gasteiger partial charge is 0.456 e. The Hall–Kier alpha value is -4.80. The summed E-state index contributed by atoms with van der Waals surface area (Å²) < 4.78 is 6.79. The zero-order valence-corrected chi connectivity index (χ0v) is 26.6. The van der Waals surface area contributed by atoms with Crippen LogP contribution < -0.4 is 19.9 Å². The van der Waals surface area contributed by atoms with Crippen molar-refractivity contribution in [1.29, 1.82) is 5.26 Å². The van der Waals surface area contributed by atoms with E-state index in [1.165, 1.54) is 0 Å². The van der Waals surface area contributed by atoms with E-state index in [-0.39, 0.29) is 5.91 Å². The fraction of sp³-hybridized carbons (Fsp3) is 0.316. The Labute approximate surface area is 266 Å². The lowest BCUT2D eigenvalue weighted by atomic mass is 9.74. The van der Waals surface area contributed by atoms with Gasteiger partial charge in [0.05, 0.1) is 11.6 Å². The molecule has 0 saturated heterocycles. The van der Waals surface area contributed by atoms with Crippen LogP contribution in [0, 0.1) is 11.3 Å². The average molecular weight is 600 g/mol. The molecule has 1 N–H and O–H groups in total. The number of fused-ring (bicyclic) bond motifs is 6. The van der Waals surface area contributed by atoms with Gasteiger partial charge in [0.15, 0.2) is 0 Å². The van der Waals surface area contributed by atoms with Gasteiger partial charge in [-0.2, -0.15) is 5.26 Å². The molecule has 45 heavy (non-hydrogen) atoms. The topological polar surface area (TPSA) is 71.8 Å². The highest BCUT2D eigenvalue weighted by Crippen LogP contribution is 2.58. The quantitative estimate of drug-likeness (QED) is 0.189. The summed E-state index contributed by atoms with van der Waals surface area (Å²) in [5, 5.41) is 12.7. The van der Waals surface area contributed by atoms with Crippen molar-refractivity contribution in [2.24, 2.45) is 0 Å². The monoisotopic (exact) mass is 599 g/mol. The van der Waals surface area contributed by atoms with Gasteiger partial charge in [0.25, 0.3) is 5.91 Å². The summed E-state index contributed by atoms with van der Waals surface area (Å²) in [6, 6.07) is 30.8. The number of amides is 1. The van der Waals surface area contributed by atoms with Crippen LogP contribution in [-0.2, 0) is 12.1 Å². The first-order valence-corrected chi connectivity index (χ1v) is 16.1. The first-order chi connectivity index (χ1) is 22.0. The van der Waals surface area contributed by atoms with Crippen molar-refractivity contribution in [3.63, 3.8) is 0 Å². The minimum atomic E-state index is -0.837. The highest BCUT2D eigenvalue weighted by molar-refractivity contribution is 6.02. The predicted molar refractivity (Wildman–Crippen MR) is 180 cm³/mol. The number of nitriles is 1. The van der Waals surface area contributed by atoms with Crippen LogP contribution in [0.5, 0.6) is 11.5 Å². The number of nitrogens with one attached hydrogen (secondary N) is 1. The number of carbonyl (C=O) groups is 1. The van der Waals surface area contributed by atoms with E-state index in [2.05, 4.69) is 91.3 Å². The van der Waals surface area contributed by atoms with Gasteiger partial charge in [0.1, 0.15) is 17.0 Å². The second kappa shape index (κ2) is 12.7. The zero-order chi connectivity index (χ0) is 31.6. The molecule has 7 nitrogen and oxygen atoms in total. The van der Waals surface area contributed by atoms with E-state index in [9.17, 15) is 4.79 Å².